The van der Waals surface area contributed by atoms with Crippen LogP contribution in [0.1, 0.15) is 37.2 Å². The van der Waals surface area contributed by atoms with Crippen LogP contribution in [0.4, 0.5) is 0 Å². The van der Waals surface area contributed by atoms with Gasteiger partial charge in [0.05, 0.1) is 5.92 Å². The van der Waals surface area contributed by atoms with Crippen molar-refractivity contribution in [3.8, 4) is 0 Å². The van der Waals surface area contributed by atoms with Crippen molar-refractivity contribution in [1.29, 1.82) is 0 Å². The second-order valence-electron chi connectivity index (χ2n) is 5.46. The van der Waals surface area contributed by atoms with Gasteiger partial charge in [0, 0.05) is 22.7 Å². The molecule has 1 aromatic rings. The zero-order valence-corrected chi connectivity index (χ0v) is 11.8. The Morgan fingerprint density at radius 2 is 2.05 bits per heavy atom. The van der Waals surface area contributed by atoms with Crippen LogP contribution in [0.15, 0.2) is 29.2 Å². The molecule has 2 aliphatic rings. The predicted octanol–water partition coefficient (Wildman–Crippen LogP) is 2.26. The Balaban J connectivity index is 1.68. The third kappa shape index (κ3) is 2.65. The van der Waals surface area contributed by atoms with E-state index >= 15 is 0 Å². The van der Waals surface area contributed by atoms with Gasteiger partial charge in [-0.05, 0) is 24.5 Å². The highest BCUT2D eigenvalue weighted by Crippen LogP contribution is 2.39. The summed E-state index contributed by atoms with van der Waals surface area (Å²) in [5.74, 6) is 1.00. The molecule has 0 bridgehead atoms. The van der Waals surface area contributed by atoms with Gasteiger partial charge in [-0.3, -0.25) is 4.79 Å². The molecule has 1 heterocycles. The van der Waals surface area contributed by atoms with Gasteiger partial charge in [-0.1, -0.05) is 31.0 Å². The minimum absolute atomic E-state index is 0.00433. The zero-order chi connectivity index (χ0) is 13.2. The Morgan fingerprint density at radius 1 is 1.26 bits per heavy atom. The molecule has 0 radical (unpaired) electrons. The molecule has 1 aromatic carbocycles. The average molecular weight is 276 g/mol. The van der Waals surface area contributed by atoms with E-state index in [-0.39, 0.29) is 23.9 Å². The van der Waals surface area contributed by atoms with Gasteiger partial charge in [0.1, 0.15) is 0 Å². The molecule has 3 N–H and O–H groups in total. The van der Waals surface area contributed by atoms with E-state index < -0.39 is 0 Å². The smallest absolute Gasteiger partial charge is 0.228 e. The first-order chi connectivity index (χ1) is 9.25. The summed E-state index contributed by atoms with van der Waals surface area (Å²) in [6.07, 6.45) is 4.42. The number of amides is 1. The maximum Gasteiger partial charge on any atom is 0.228 e. The summed E-state index contributed by atoms with van der Waals surface area (Å²) in [5.41, 5.74) is 7.28. The molecular weight excluding hydrogens is 256 g/mol. The van der Waals surface area contributed by atoms with E-state index in [0.29, 0.717) is 0 Å². The summed E-state index contributed by atoms with van der Waals surface area (Å²) in [6, 6.07) is 8.50. The lowest BCUT2D eigenvalue weighted by molar-refractivity contribution is -0.123. The monoisotopic (exact) mass is 276 g/mol. The van der Waals surface area contributed by atoms with E-state index in [1.165, 1.54) is 23.3 Å². The fourth-order valence-electron chi connectivity index (χ4n) is 3.00. The van der Waals surface area contributed by atoms with Crippen LogP contribution in [0.5, 0.6) is 0 Å². The molecular formula is C15H20N2OS. The number of thioether (sulfide) groups is 1. The molecule has 3 atom stereocenters. The summed E-state index contributed by atoms with van der Waals surface area (Å²) in [5, 5.41) is 3.17. The summed E-state index contributed by atoms with van der Waals surface area (Å²) in [6.45, 7) is 0. The number of carbonyl (C=O) groups excluding carboxylic acids is 1. The Bertz CT molecular complexity index is 477. The van der Waals surface area contributed by atoms with Crippen molar-refractivity contribution in [1.82, 2.24) is 5.32 Å². The van der Waals surface area contributed by atoms with Gasteiger partial charge in [-0.15, -0.1) is 11.8 Å². The summed E-state index contributed by atoms with van der Waals surface area (Å²) < 4.78 is 0. The number of fused-ring (bicyclic) bond motifs is 1. The first-order valence-electron chi connectivity index (χ1n) is 7.03. The molecule has 4 heteroatoms. The largest absolute Gasteiger partial charge is 0.351 e. The van der Waals surface area contributed by atoms with Crippen LogP contribution in [-0.4, -0.2) is 23.7 Å². The lowest BCUT2D eigenvalue weighted by atomic mass is 9.90. The van der Waals surface area contributed by atoms with Crippen molar-refractivity contribution in [2.45, 2.75) is 48.6 Å². The Labute approximate surface area is 118 Å². The second kappa shape index (κ2) is 5.55. The molecule has 1 aliphatic heterocycles. The quantitative estimate of drug-likeness (QED) is 0.871. The molecule has 3 rings (SSSR count). The van der Waals surface area contributed by atoms with Crippen molar-refractivity contribution in [3.05, 3.63) is 29.8 Å². The highest BCUT2D eigenvalue weighted by Gasteiger charge is 2.31. The fourth-order valence-corrected chi connectivity index (χ4v) is 4.23. The molecule has 0 aromatic heterocycles. The molecule has 3 nitrogen and oxygen atoms in total. The van der Waals surface area contributed by atoms with E-state index in [4.69, 9.17) is 5.73 Å². The number of carbonyl (C=O) groups is 1. The minimum Gasteiger partial charge on any atom is -0.351 e. The van der Waals surface area contributed by atoms with Gasteiger partial charge in [0.25, 0.3) is 0 Å². The van der Waals surface area contributed by atoms with Crippen LogP contribution in [0.2, 0.25) is 0 Å². The number of hydrogen-bond acceptors (Lipinski definition) is 3. The number of hydrogen-bond donors (Lipinski definition) is 2. The van der Waals surface area contributed by atoms with Crippen LogP contribution >= 0.6 is 11.8 Å². The van der Waals surface area contributed by atoms with Crippen molar-refractivity contribution in [2.75, 3.05) is 5.75 Å². The number of benzene rings is 1. The van der Waals surface area contributed by atoms with Crippen molar-refractivity contribution >= 4 is 17.7 Å². The maximum atomic E-state index is 12.4. The van der Waals surface area contributed by atoms with Crippen LogP contribution in [-0.2, 0) is 4.79 Å². The molecule has 1 saturated carbocycles. The first kappa shape index (κ1) is 13.0. The highest BCUT2D eigenvalue weighted by atomic mass is 32.2. The Kier molecular flexibility index (Phi) is 3.80. The standard InChI is InChI=1S/C15H20N2OS/c16-12-6-2-3-7-13(12)17-15(18)11-9-19-14-8-4-1-5-10(11)14/h1,4-5,8,11-13H,2-3,6-7,9,16H2,(H,17,18)/t11?,12-,13-/m1/s1. The van der Waals surface area contributed by atoms with Gasteiger partial charge in [-0.25, -0.2) is 0 Å². The fraction of sp³-hybridized carbons (Fsp3) is 0.533. The third-order valence-corrected chi connectivity index (χ3v) is 5.35. The normalized spacial score (nSPS) is 29.8. The Morgan fingerprint density at radius 3 is 2.89 bits per heavy atom. The summed E-state index contributed by atoms with van der Waals surface area (Å²) in [7, 11) is 0. The number of rotatable bonds is 2. The Hall–Kier alpha value is -1.00. The van der Waals surface area contributed by atoms with Gasteiger partial charge in [-0.2, -0.15) is 0 Å². The SMILES string of the molecule is N[C@@H]1CCCC[C@H]1NC(=O)C1CSc2ccccc21. The zero-order valence-electron chi connectivity index (χ0n) is 11.0. The molecule has 0 spiro atoms. The molecule has 1 aliphatic carbocycles. The summed E-state index contributed by atoms with van der Waals surface area (Å²) >= 11 is 1.78. The molecule has 0 saturated heterocycles. The van der Waals surface area contributed by atoms with E-state index in [1.807, 2.05) is 12.1 Å². The van der Waals surface area contributed by atoms with Crippen LogP contribution < -0.4 is 11.1 Å². The maximum absolute atomic E-state index is 12.4. The van der Waals surface area contributed by atoms with Gasteiger partial charge >= 0.3 is 0 Å². The second-order valence-corrected chi connectivity index (χ2v) is 6.53. The molecule has 1 amide bonds. The van der Waals surface area contributed by atoms with E-state index in [9.17, 15) is 4.79 Å². The van der Waals surface area contributed by atoms with Crippen molar-refractivity contribution < 1.29 is 4.79 Å². The molecule has 19 heavy (non-hydrogen) atoms. The van der Waals surface area contributed by atoms with Gasteiger partial charge in [0.2, 0.25) is 5.91 Å². The lowest BCUT2D eigenvalue weighted by Crippen LogP contribution is -2.50. The van der Waals surface area contributed by atoms with Gasteiger partial charge in [0.15, 0.2) is 0 Å². The number of nitrogens with two attached hydrogens (primary N) is 1. The van der Waals surface area contributed by atoms with E-state index in [2.05, 4.69) is 17.4 Å². The van der Waals surface area contributed by atoms with Crippen LogP contribution in [0, 0.1) is 0 Å². The molecule has 102 valence electrons. The topological polar surface area (TPSA) is 55.1 Å². The predicted molar refractivity (Wildman–Crippen MR) is 78.3 cm³/mol. The van der Waals surface area contributed by atoms with Crippen molar-refractivity contribution in [3.63, 3.8) is 0 Å². The number of nitrogens with one attached hydrogen (secondary N) is 1. The lowest BCUT2D eigenvalue weighted by Gasteiger charge is -2.30. The summed E-state index contributed by atoms with van der Waals surface area (Å²) in [4.78, 5) is 13.7. The van der Waals surface area contributed by atoms with Crippen LogP contribution in [0.3, 0.4) is 0 Å². The van der Waals surface area contributed by atoms with E-state index in [1.54, 1.807) is 11.8 Å². The minimum atomic E-state index is -0.00433. The van der Waals surface area contributed by atoms with Crippen molar-refractivity contribution in [2.24, 2.45) is 5.73 Å². The highest BCUT2D eigenvalue weighted by molar-refractivity contribution is 7.99. The first-order valence-corrected chi connectivity index (χ1v) is 8.02. The molecule has 1 fully saturated rings. The third-order valence-electron chi connectivity index (χ3n) is 4.16. The van der Waals surface area contributed by atoms with Crippen LogP contribution in [0.25, 0.3) is 0 Å². The average Bonchev–Trinajstić information content (AvgIpc) is 2.85. The van der Waals surface area contributed by atoms with Gasteiger partial charge < -0.3 is 11.1 Å². The van der Waals surface area contributed by atoms with E-state index in [0.717, 1.165) is 18.6 Å². The molecule has 1 unspecified atom stereocenters.